The van der Waals surface area contributed by atoms with Crippen molar-refractivity contribution >= 4 is 10.9 Å². The first kappa shape index (κ1) is 16.4. The van der Waals surface area contributed by atoms with E-state index < -0.39 is 0 Å². The minimum absolute atomic E-state index is 0.953. The Balaban J connectivity index is 1.73. The van der Waals surface area contributed by atoms with Gasteiger partial charge >= 0.3 is 0 Å². The standard InChI is InChI=1S/C23H25N/c1-4-17-10-12-19(13-11-17)8-7-9-22-20(6-3)21-16-18(5-2)14-15-23(21)24-22/h1,10-16,24H,5-9H2,2-3H3. The van der Waals surface area contributed by atoms with Crippen LogP contribution in [-0.2, 0) is 25.7 Å². The molecule has 0 radical (unpaired) electrons. The molecular weight excluding hydrogens is 290 g/mol. The van der Waals surface area contributed by atoms with Gasteiger partial charge in [-0.15, -0.1) is 6.42 Å². The van der Waals surface area contributed by atoms with E-state index in [-0.39, 0.29) is 0 Å². The summed E-state index contributed by atoms with van der Waals surface area (Å²) in [7, 11) is 0. The molecule has 1 N–H and O–H groups in total. The molecule has 2 aromatic carbocycles. The third-order valence-corrected chi connectivity index (χ3v) is 4.83. The largest absolute Gasteiger partial charge is 0.358 e. The summed E-state index contributed by atoms with van der Waals surface area (Å²) in [4.78, 5) is 3.64. The van der Waals surface area contributed by atoms with E-state index in [0.717, 1.165) is 37.7 Å². The van der Waals surface area contributed by atoms with Crippen molar-refractivity contribution in [2.45, 2.75) is 46.0 Å². The molecule has 0 saturated heterocycles. The highest BCUT2D eigenvalue weighted by Crippen LogP contribution is 2.26. The van der Waals surface area contributed by atoms with Crippen LogP contribution in [0.5, 0.6) is 0 Å². The summed E-state index contributed by atoms with van der Waals surface area (Å²) in [6.45, 7) is 4.47. The number of nitrogens with one attached hydrogen (secondary N) is 1. The quantitative estimate of drug-likeness (QED) is 0.582. The summed E-state index contributed by atoms with van der Waals surface area (Å²) in [6, 6.07) is 15.2. The Morgan fingerprint density at radius 1 is 0.917 bits per heavy atom. The highest BCUT2D eigenvalue weighted by molar-refractivity contribution is 5.85. The van der Waals surface area contributed by atoms with Gasteiger partial charge in [0.05, 0.1) is 0 Å². The van der Waals surface area contributed by atoms with Gasteiger partial charge in [0, 0.05) is 22.2 Å². The zero-order valence-corrected chi connectivity index (χ0v) is 14.7. The molecule has 122 valence electrons. The van der Waals surface area contributed by atoms with Gasteiger partial charge in [-0.1, -0.05) is 38.0 Å². The molecule has 0 bridgehead atoms. The van der Waals surface area contributed by atoms with Crippen molar-refractivity contribution in [3.05, 3.63) is 70.4 Å². The molecule has 0 saturated carbocycles. The monoisotopic (exact) mass is 315 g/mol. The number of terminal acetylenes is 1. The number of benzene rings is 2. The maximum absolute atomic E-state index is 5.41. The Morgan fingerprint density at radius 2 is 1.67 bits per heavy atom. The highest BCUT2D eigenvalue weighted by Gasteiger charge is 2.10. The Hall–Kier alpha value is -2.46. The fourth-order valence-corrected chi connectivity index (χ4v) is 3.42. The Kier molecular flexibility index (Phi) is 5.06. The van der Waals surface area contributed by atoms with Crippen molar-refractivity contribution in [3.8, 4) is 12.3 Å². The topological polar surface area (TPSA) is 15.8 Å². The summed E-state index contributed by atoms with van der Waals surface area (Å²) < 4.78 is 0. The molecule has 0 unspecified atom stereocenters. The number of hydrogen-bond acceptors (Lipinski definition) is 0. The van der Waals surface area contributed by atoms with Gasteiger partial charge in [0.1, 0.15) is 0 Å². The molecule has 0 aliphatic heterocycles. The number of aromatic amines is 1. The van der Waals surface area contributed by atoms with Crippen LogP contribution in [0, 0.1) is 12.3 Å². The van der Waals surface area contributed by atoms with Crippen LogP contribution in [-0.4, -0.2) is 4.98 Å². The molecule has 1 heterocycles. The molecule has 1 nitrogen and oxygen atoms in total. The number of aromatic nitrogens is 1. The van der Waals surface area contributed by atoms with E-state index >= 15 is 0 Å². The van der Waals surface area contributed by atoms with E-state index in [2.05, 4.69) is 55.1 Å². The van der Waals surface area contributed by atoms with Crippen LogP contribution in [0.4, 0.5) is 0 Å². The van der Waals surface area contributed by atoms with Gasteiger partial charge in [-0.3, -0.25) is 0 Å². The van der Waals surface area contributed by atoms with Crippen LogP contribution in [0.25, 0.3) is 10.9 Å². The van der Waals surface area contributed by atoms with Crippen LogP contribution in [0.15, 0.2) is 42.5 Å². The molecule has 0 aliphatic carbocycles. The van der Waals surface area contributed by atoms with Crippen molar-refractivity contribution in [1.82, 2.24) is 4.98 Å². The number of aryl methyl sites for hydroxylation is 4. The molecular formula is C23H25N. The molecule has 0 amide bonds. The lowest BCUT2D eigenvalue weighted by molar-refractivity contribution is 0.797. The van der Waals surface area contributed by atoms with E-state index in [1.165, 1.54) is 33.3 Å². The first-order valence-electron chi connectivity index (χ1n) is 8.93. The van der Waals surface area contributed by atoms with Gasteiger partial charge in [-0.25, -0.2) is 0 Å². The Labute approximate surface area is 145 Å². The lowest BCUT2D eigenvalue weighted by Crippen LogP contribution is -1.94. The van der Waals surface area contributed by atoms with Gasteiger partial charge in [0.25, 0.3) is 0 Å². The van der Waals surface area contributed by atoms with E-state index in [0.29, 0.717) is 0 Å². The lowest BCUT2D eigenvalue weighted by atomic mass is 10.0. The summed E-state index contributed by atoms with van der Waals surface area (Å²) in [5.74, 6) is 2.67. The second-order valence-electron chi connectivity index (χ2n) is 6.36. The second kappa shape index (κ2) is 7.41. The highest BCUT2D eigenvalue weighted by atomic mass is 14.7. The Bertz CT molecular complexity index is 859. The molecule has 0 aliphatic rings. The zero-order chi connectivity index (χ0) is 16.9. The third kappa shape index (κ3) is 3.39. The summed E-state index contributed by atoms with van der Waals surface area (Å²) in [6.07, 6.45) is 10.9. The SMILES string of the molecule is C#Cc1ccc(CCCc2[nH]c3ccc(CC)cc3c2CC)cc1. The predicted octanol–water partition coefficient (Wildman–Crippen LogP) is 5.45. The molecule has 1 heteroatoms. The third-order valence-electron chi connectivity index (χ3n) is 4.83. The Morgan fingerprint density at radius 3 is 2.33 bits per heavy atom. The number of H-pyrrole nitrogens is 1. The fraction of sp³-hybridized carbons (Fsp3) is 0.304. The number of rotatable bonds is 6. The normalized spacial score (nSPS) is 10.9. The van der Waals surface area contributed by atoms with Gasteiger partial charge in [-0.2, -0.15) is 0 Å². The zero-order valence-electron chi connectivity index (χ0n) is 14.7. The molecule has 1 aromatic heterocycles. The van der Waals surface area contributed by atoms with Gasteiger partial charge in [0.2, 0.25) is 0 Å². The maximum atomic E-state index is 5.41. The number of hydrogen-bond donors (Lipinski definition) is 1. The maximum Gasteiger partial charge on any atom is 0.0459 e. The van der Waals surface area contributed by atoms with E-state index in [9.17, 15) is 0 Å². The minimum atomic E-state index is 0.953. The van der Waals surface area contributed by atoms with E-state index in [1.807, 2.05) is 12.1 Å². The van der Waals surface area contributed by atoms with Crippen LogP contribution in [0.1, 0.15) is 48.2 Å². The van der Waals surface area contributed by atoms with Gasteiger partial charge < -0.3 is 4.98 Å². The molecule has 3 rings (SSSR count). The molecule has 0 fully saturated rings. The molecule has 3 aromatic rings. The minimum Gasteiger partial charge on any atom is -0.358 e. The molecule has 0 atom stereocenters. The van der Waals surface area contributed by atoms with E-state index in [1.54, 1.807) is 0 Å². The van der Waals surface area contributed by atoms with Gasteiger partial charge in [0.15, 0.2) is 0 Å². The molecule has 24 heavy (non-hydrogen) atoms. The summed E-state index contributed by atoms with van der Waals surface area (Å²) in [5.41, 5.74) is 7.89. The van der Waals surface area contributed by atoms with Crippen LogP contribution < -0.4 is 0 Å². The predicted molar refractivity (Wildman–Crippen MR) is 103 cm³/mol. The average Bonchev–Trinajstić information content (AvgIpc) is 2.98. The average molecular weight is 315 g/mol. The second-order valence-corrected chi connectivity index (χ2v) is 6.36. The lowest BCUT2D eigenvalue weighted by Gasteiger charge is -2.04. The first-order valence-corrected chi connectivity index (χ1v) is 8.93. The van der Waals surface area contributed by atoms with Gasteiger partial charge in [-0.05, 0) is 73.1 Å². The van der Waals surface area contributed by atoms with Crippen molar-refractivity contribution in [2.75, 3.05) is 0 Å². The summed E-state index contributed by atoms with van der Waals surface area (Å²) in [5, 5.41) is 1.41. The smallest absolute Gasteiger partial charge is 0.0459 e. The van der Waals surface area contributed by atoms with Crippen molar-refractivity contribution in [3.63, 3.8) is 0 Å². The van der Waals surface area contributed by atoms with Crippen LogP contribution >= 0.6 is 0 Å². The van der Waals surface area contributed by atoms with Crippen LogP contribution in [0.2, 0.25) is 0 Å². The number of fused-ring (bicyclic) bond motifs is 1. The van der Waals surface area contributed by atoms with Crippen molar-refractivity contribution < 1.29 is 0 Å². The fourth-order valence-electron chi connectivity index (χ4n) is 3.42. The van der Waals surface area contributed by atoms with Crippen LogP contribution in [0.3, 0.4) is 0 Å². The van der Waals surface area contributed by atoms with Crippen molar-refractivity contribution in [2.24, 2.45) is 0 Å². The molecule has 0 spiro atoms. The van der Waals surface area contributed by atoms with E-state index in [4.69, 9.17) is 6.42 Å². The first-order chi connectivity index (χ1) is 11.7. The van der Waals surface area contributed by atoms with Crippen molar-refractivity contribution in [1.29, 1.82) is 0 Å². The summed E-state index contributed by atoms with van der Waals surface area (Å²) >= 11 is 0.